The molecule has 0 saturated carbocycles. The number of piperidine rings is 1. The number of thiazole rings is 1. The van der Waals surface area contributed by atoms with Crippen LogP contribution >= 0.6 is 11.3 Å². The van der Waals surface area contributed by atoms with Crippen LogP contribution < -0.4 is 10.1 Å². The molecule has 1 aliphatic rings. The summed E-state index contributed by atoms with van der Waals surface area (Å²) in [5.41, 5.74) is 1.98. The Bertz CT molecular complexity index is 1350. The number of carbonyl (C=O) groups is 3. The smallest absolute Gasteiger partial charge is 0.469 e. The summed E-state index contributed by atoms with van der Waals surface area (Å²) in [6, 6.07) is 12.4. The van der Waals surface area contributed by atoms with Crippen molar-refractivity contribution < 1.29 is 37.0 Å². The third-order valence-electron chi connectivity index (χ3n) is 6.61. The molecule has 2 aromatic carbocycles. The highest BCUT2D eigenvalue weighted by atomic mass is 32.1. The predicted octanol–water partition coefficient (Wildman–Crippen LogP) is 5.87. The van der Waals surface area contributed by atoms with E-state index in [0.717, 1.165) is 5.01 Å². The number of methoxy groups -OCH3 is 1. The number of hydrogen-bond donors (Lipinski definition) is 1. The van der Waals surface area contributed by atoms with E-state index < -0.39 is 24.2 Å². The minimum absolute atomic E-state index is 0.0428. The van der Waals surface area contributed by atoms with Gasteiger partial charge in [0.05, 0.1) is 18.5 Å². The zero-order valence-electron chi connectivity index (χ0n) is 21.9. The number of aromatic nitrogens is 1. The van der Waals surface area contributed by atoms with Crippen molar-refractivity contribution in [3.05, 3.63) is 64.6 Å². The van der Waals surface area contributed by atoms with E-state index in [9.17, 15) is 27.6 Å². The van der Waals surface area contributed by atoms with Gasteiger partial charge in [-0.2, -0.15) is 0 Å². The Morgan fingerprint density at radius 1 is 1.10 bits per heavy atom. The van der Waals surface area contributed by atoms with Crippen molar-refractivity contribution in [1.82, 2.24) is 9.88 Å². The lowest BCUT2D eigenvalue weighted by molar-refractivity contribution is -0.274. The standard InChI is InChI=1S/C28H28F3N3O5S/c1-17(15-24(35)38-2)27(37)34-13-11-19(12-14-34)26-33-23(16-40-26)25(36)32-22-6-4-3-5-21(22)18-7-9-20(10-8-18)39-28(29,30)31/h3-10,16-17,19H,11-15H2,1-2H3,(H,32,36)/t17-/m1/s1. The first-order valence-corrected chi connectivity index (χ1v) is 13.5. The van der Waals surface area contributed by atoms with Crippen LogP contribution in [0.15, 0.2) is 53.9 Å². The number of carbonyl (C=O) groups excluding carboxylic acids is 3. The van der Waals surface area contributed by atoms with E-state index in [-0.39, 0.29) is 29.7 Å². The molecule has 1 fully saturated rings. The number of hydrogen-bond acceptors (Lipinski definition) is 7. The van der Waals surface area contributed by atoms with Crippen molar-refractivity contribution in [2.75, 3.05) is 25.5 Å². The fraction of sp³-hybridized carbons (Fsp3) is 0.357. The van der Waals surface area contributed by atoms with Crippen LogP contribution in [0.3, 0.4) is 0 Å². The molecule has 212 valence electrons. The van der Waals surface area contributed by atoms with E-state index in [4.69, 9.17) is 0 Å². The third kappa shape index (κ3) is 7.38. The van der Waals surface area contributed by atoms with E-state index in [1.165, 1.54) is 42.7 Å². The first-order chi connectivity index (χ1) is 19.0. The maximum absolute atomic E-state index is 13.0. The number of nitrogens with zero attached hydrogens (tertiary/aromatic N) is 2. The fourth-order valence-electron chi connectivity index (χ4n) is 4.52. The van der Waals surface area contributed by atoms with E-state index >= 15 is 0 Å². The Balaban J connectivity index is 1.37. The monoisotopic (exact) mass is 575 g/mol. The zero-order chi connectivity index (χ0) is 28.9. The van der Waals surface area contributed by atoms with E-state index in [2.05, 4.69) is 19.8 Å². The highest BCUT2D eigenvalue weighted by Crippen LogP contribution is 2.33. The highest BCUT2D eigenvalue weighted by Gasteiger charge is 2.31. The average molecular weight is 576 g/mol. The molecule has 0 spiro atoms. The van der Waals surface area contributed by atoms with Gasteiger partial charge in [-0.15, -0.1) is 24.5 Å². The van der Waals surface area contributed by atoms with Crippen molar-refractivity contribution in [2.24, 2.45) is 5.92 Å². The molecule has 12 heteroatoms. The van der Waals surface area contributed by atoms with Gasteiger partial charge in [0.1, 0.15) is 11.4 Å². The quantitative estimate of drug-likeness (QED) is 0.338. The van der Waals surface area contributed by atoms with Crippen molar-refractivity contribution in [1.29, 1.82) is 0 Å². The topological polar surface area (TPSA) is 97.8 Å². The molecule has 0 bridgehead atoms. The van der Waals surface area contributed by atoms with Gasteiger partial charge >= 0.3 is 12.3 Å². The van der Waals surface area contributed by atoms with Gasteiger partial charge in [-0.3, -0.25) is 14.4 Å². The second kappa shape index (κ2) is 12.5. The summed E-state index contributed by atoms with van der Waals surface area (Å²) in [6.07, 6.45) is -3.34. The minimum atomic E-state index is -4.78. The van der Waals surface area contributed by atoms with Crippen LogP contribution in [0.4, 0.5) is 18.9 Å². The Morgan fingerprint density at radius 2 is 1.77 bits per heavy atom. The number of benzene rings is 2. The normalized spacial score (nSPS) is 14.9. The largest absolute Gasteiger partial charge is 0.573 e. The van der Waals surface area contributed by atoms with Crippen molar-refractivity contribution in [2.45, 2.75) is 38.5 Å². The van der Waals surface area contributed by atoms with Crippen LogP contribution in [0.2, 0.25) is 0 Å². The predicted molar refractivity (Wildman–Crippen MR) is 143 cm³/mol. The maximum atomic E-state index is 13.0. The van der Waals surface area contributed by atoms with Crippen LogP contribution in [0.25, 0.3) is 11.1 Å². The van der Waals surface area contributed by atoms with E-state index in [0.29, 0.717) is 42.7 Å². The van der Waals surface area contributed by atoms with Gasteiger partial charge in [0.25, 0.3) is 5.91 Å². The molecule has 1 aromatic heterocycles. The van der Waals surface area contributed by atoms with Crippen LogP contribution in [0, 0.1) is 5.92 Å². The number of ether oxygens (including phenoxy) is 2. The van der Waals surface area contributed by atoms with Gasteiger partial charge in [-0.1, -0.05) is 37.3 Å². The molecule has 1 aliphatic heterocycles. The first kappa shape index (κ1) is 29.1. The average Bonchev–Trinajstić information content (AvgIpc) is 3.43. The van der Waals surface area contributed by atoms with Crippen LogP contribution in [-0.4, -0.2) is 54.2 Å². The maximum Gasteiger partial charge on any atom is 0.573 e. The molecule has 0 aliphatic carbocycles. The molecular formula is C28H28F3N3O5S. The number of nitrogens with one attached hydrogen (secondary N) is 1. The molecule has 0 unspecified atom stereocenters. The Labute approximate surface area is 233 Å². The van der Waals surface area contributed by atoms with Gasteiger partial charge in [0.2, 0.25) is 5.91 Å². The number of halogens is 3. The van der Waals surface area contributed by atoms with Gasteiger partial charge in [0.15, 0.2) is 0 Å². The summed E-state index contributed by atoms with van der Waals surface area (Å²) in [5.74, 6) is -1.58. The second-order valence-electron chi connectivity index (χ2n) is 9.42. The molecular weight excluding hydrogens is 547 g/mol. The number of para-hydroxylation sites is 1. The molecule has 40 heavy (non-hydrogen) atoms. The Kier molecular flexibility index (Phi) is 9.08. The SMILES string of the molecule is COC(=O)C[C@@H](C)C(=O)N1CCC(c2nc(C(=O)Nc3ccccc3-c3ccc(OC(F)(F)F)cc3)cs2)CC1. The fourth-order valence-corrected chi connectivity index (χ4v) is 5.50. The number of anilines is 1. The third-order valence-corrected chi connectivity index (χ3v) is 7.61. The first-order valence-electron chi connectivity index (χ1n) is 12.6. The van der Waals surface area contributed by atoms with Crippen LogP contribution in [-0.2, 0) is 14.3 Å². The van der Waals surface area contributed by atoms with Crippen molar-refractivity contribution in [3.8, 4) is 16.9 Å². The van der Waals surface area contributed by atoms with Crippen LogP contribution in [0.1, 0.15) is 47.6 Å². The summed E-state index contributed by atoms with van der Waals surface area (Å²) < 4.78 is 46.0. The minimum Gasteiger partial charge on any atom is -0.469 e. The number of esters is 1. The highest BCUT2D eigenvalue weighted by molar-refractivity contribution is 7.10. The summed E-state index contributed by atoms with van der Waals surface area (Å²) >= 11 is 1.39. The molecule has 1 atom stereocenters. The number of amides is 2. The Hall–Kier alpha value is -3.93. The summed E-state index contributed by atoms with van der Waals surface area (Å²) in [7, 11) is 1.30. The lowest BCUT2D eigenvalue weighted by Gasteiger charge is -2.32. The molecule has 0 radical (unpaired) electrons. The molecule has 2 heterocycles. The van der Waals surface area contributed by atoms with Crippen molar-refractivity contribution in [3.63, 3.8) is 0 Å². The summed E-state index contributed by atoms with van der Waals surface area (Å²) in [4.78, 5) is 43.5. The molecule has 3 aromatic rings. The van der Waals surface area contributed by atoms with Gasteiger partial charge in [0, 0.05) is 41.6 Å². The van der Waals surface area contributed by atoms with Crippen LogP contribution in [0.5, 0.6) is 5.75 Å². The lowest BCUT2D eigenvalue weighted by atomic mass is 9.96. The second-order valence-corrected chi connectivity index (χ2v) is 10.3. The Morgan fingerprint density at radius 3 is 2.42 bits per heavy atom. The molecule has 8 nitrogen and oxygen atoms in total. The zero-order valence-corrected chi connectivity index (χ0v) is 22.7. The molecule has 1 saturated heterocycles. The molecule has 4 rings (SSSR count). The van der Waals surface area contributed by atoms with Gasteiger partial charge in [-0.25, -0.2) is 4.98 Å². The van der Waals surface area contributed by atoms with Gasteiger partial charge in [-0.05, 0) is 36.6 Å². The molecule has 2 amide bonds. The number of alkyl halides is 3. The summed E-state index contributed by atoms with van der Waals surface area (Å²) in [5, 5.41) is 5.35. The number of likely N-dealkylation sites (tertiary alicyclic amines) is 1. The van der Waals surface area contributed by atoms with Crippen molar-refractivity contribution >= 4 is 34.8 Å². The summed E-state index contributed by atoms with van der Waals surface area (Å²) in [6.45, 7) is 2.79. The number of rotatable bonds is 8. The lowest BCUT2D eigenvalue weighted by Crippen LogP contribution is -2.41. The van der Waals surface area contributed by atoms with Gasteiger partial charge < -0.3 is 19.7 Å². The van der Waals surface area contributed by atoms with E-state index in [1.54, 1.807) is 41.5 Å². The van der Waals surface area contributed by atoms with E-state index in [1.807, 2.05) is 0 Å². The molecule has 1 N–H and O–H groups in total.